The molecule has 6 rings (SSSR count). The highest BCUT2D eigenvalue weighted by atomic mass is 16.6. The van der Waals surface area contributed by atoms with E-state index in [1.165, 1.54) is 4.57 Å². The van der Waals surface area contributed by atoms with Crippen molar-refractivity contribution in [2.24, 2.45) is 4.99 Å². The molecule has 0 unspecified atom stereocenters. The second-order valence-corrected chi connectivity index (χ2v) is 9.52. The maximum absolute atomic E-state index is 13.0. The first-order chi connectivity index (χ1) is 16.6. The predicted molar refractivity (Wildman–Crippen MR) is 127 cm³/mol. The minimum absolute atomic E-state index is 0.0251. The molecule has 1 amide bonds. The Bertz CT molecular complexity index is 1350. The van der Waals surface area contributed by atoms with E-state index in [4.69, 9.17) is 4.74 Å². The summed E-state index contributed by atoms with van der Waals surface area (Å²) in [7, 11) is 0. The number of carbonyl (C=O) groups is 1. The quantitative estimate of drug-likeness (QED) is 0.643. The molecule has 3 aliphatic carbocycles. The first kappa shape index (κ1) is 21.0. The second-order valence-electron chi connectivity index (χ2n) is 9.52. The SMILES string of the molecule is O=C(Oc1ccccc1)N(CC#CC1=Nc2c(c(=O)n(C3CC3)c(=O)n2C2CC2)C1)C1CCC1. The molecular weight excluding hydrogens is 432 g/mol. The van der Waals surface area contributed by atoms with Crippen molar-refractivity contribution in [3.05, 3.63) is 56.7 Å². The van der Waals surface area contributed by atoms with Crippen molar-refractivity contribution in [1.29, 1.82) is 0 Å². The number of para-hydroxylation sites is 1. The number of aromatic nitrogens is 2. The van der Waals surface area contributed by atoms with E-state index in [0.717, 1.165) is 44.9 Å². The van der Waals surface area contributed by atoms with Gasteiger partial charge in [0.05, 0.1) is 17.8 Å². The van der Waals surface area contributed by atoms with E-state index in [-0.39, 0.29) is 35.9 Å². The van der Waals surface area contributed by atoms with Crippen molar-refractivity contribution in [3.63, 3.8) is 0 Å². The Balaban J connectivity index is 1.23. The van der Waals surface area contributed by atoms with Crippen LogP contribution in [-0.2, 0) is 6.42 Å². The minimum atomic E-state index is -0.406. The van der Waals surface area contributed by atoms with Gasteiger partial charge in [0, 0.05) is 24.5 Å². The lowest BCUT2D eigenvalue weighted by Crippen LogP contribution is -2.45. The number of carbonyl (C=O) groups excluding carboxylic acids is 1. The molecule has 8 heteroatoms. The van der Waals surface area contributed by atoms with E-state index in [1.807, 2.05) is 18.2 Å². The van der Waals surface area contributed by atoms with Crippen LogP contribution in [0.5, 0.6) is 5.75 Å². The molecule has 0 radical (unpaired) electrons. The fourth-order valence-corrected chi connectivity index (χ4v) is 4.60. The van der Waals surface area contributed by atoms with Crippen LogP contribution in [0.25, 0.3) is 0 Å². The van der Waals surface area contributed by atoms with Gasteiger partial charge in [0.1, 0.15) is 11.6 Å². The van der Waals surface area contributed by atoms with Crippen LogP contribution in [0.2, 0.25) is 0 Å². The maximum Gasteiger partial charge on any atom is 0.416 e. The Hall–Kier alpha value is -3.60. The highest BCUT2D eigenvalue weighted by molar-refractivity contribution is 6.06. The Morgan fingerprint density at radius 1 is 1.03 bits per heavy atom. The van der Waals surface area contributed by atoms with Crippen LogP contribution in [0.3, 0.4) is 0 Å². The maximum atomic E-state index is 13.0. The van der Waals surface area contributed by atoms with Crippen LogP contribution in [0.1, 0.15) is 62.6 Å². The fourth-order valence-electron chi connectivity index (χ4n) is 4.60. The highest BCUT2D eigenvalue weighted by Crippen LogP contribution is 2.40. The van der Waals surface area contributed by atoms with Gasteiger partial charge >= 0.3 is 11.8 Å². The average molecular weight is 459 g/mol. The second kappa shape index (κ2) is 8.32. The summed E-state index contributed by atoms with van der Waals surface area (Å²) < 4.78 is 8.67. The first-order valence-electron chi connectivity index (χ1n) is 12.1. The molecule has 1 aromatic carbocycles. The van der Waals surface area contributed by atoms with Gasteiger partial charge in [0.25, 0.3) is 5.56 Å². The number of hydrogen-bond donors (Lipinski definition) is 0. The third kappa shape index (κ3) is 3.85. The molecule has 1 aliphatic heterocycles. The average Bonchev–Trinajstić information content (AvgIpc) is 3.72. The van der Waals surface area contributed by atoms with E-state index in [1.54, 1.807) is 21.6 Å². The summed E-state index contributed by atoms with van der Waals surface area (Å²) in [5, 5.41) is 0. The van der Waals surface area contributed by atoms with E-state index in [2.05, 4.69) is 16.8 Å². The fraction of sp³-hybridized carbons (Fsp3) is 0.462. The summed E-state index contributed by atoms with van der Waals surface area (Å²) in [5.41, 5.74) is 0.690. The van der Waals surface area contributed by atoms with Crippen molar-refractivity contribution in [3.8, 4) is 17.6 Å². The monoisotopic (exact) mass is 458 g/mol. The zero-order valence-corrected chi connectivity index (χ0v) is 18.9. The van der Waals surface area contributed by atoms with Gasteiger partial charge < -0.3 is 4.74 Å². The number of fused-ring (bicyclic) bond motifs is 1. The van der Waals surface area contributed by atoms with Gasteiger partial charge in [0.15, 0.2) is 0 Å². The van der Waals surface area contributed by atoms with Crippen LogP contribution in [-0.4, -0.2) is 38.4 Å². The lowest BCUT2D eigenvalue weighted by molar-refractivity contribution is 0.112. The van der Waals surface area contributed by atoms with Gasteiger partial charge in [-0.15, -0.1) is 0 Å². The molecule has 1 aromatic heterocycles. The predicted octanol–water partition coefficient (Wildman–Crippen LogP) is 3.37. The van der Waals surface area contributed by atoms with Crippen LogP contribution in [0.15, 0.2) is 44.9 Å². The third-order valence-corrected chi connectivity index (χ3v) is 6.98. The lowest BCUT2D eigenvalue weighted by atomic mass is 9.92. The molecule has 3 saturated carbocycles. The Morgan fingerprint density at radius 2 is 1.74 bits per heavy atom. The molecule has 0 spiro atoms. The van der Waals surface area contributed by atoms with Crippen molar-refractivity contribution >= 4 is 17.6 Å². The normalized spacial score (nSPS) is 18.9. The van der Waals surface area contributed by atoms with Crippen LogP contribution < -0.4 is 16.0 Å². The number of benzene rings is 1. The minimum Gasteiger partial charge on any atom is -0.410 e. The molecule has 2 heterocycles. The van der Waals surface area contributed by atoms with Crippen LogP contribution in [0, 0.1) is 11.8 Å². The van der Waals surface area contributed by atoms with Gasteiger partial charge in [-0.3, -0.25) is 18.8 Å². The van der Waals surface area contributed by atoms with Crippen LogP contribution in [0.4, 0.5) is 10.6 Å². The molecule has 174 valence electrons. The zero-order valence-electron chi connectivity index (χ0n) is 18.9. The summed E-state index contributed by atoms with van der Waals surface area (Å²) in [6.45, 7) is 0.230. The molecule has 0 saturated heterocycles. The van der Waals surface area contributed by atoms with E-state index >= 15 is 0 Å². The number of hydrogen-bond acceptors (Lipinski definition) is 5. The Morgan fingerprint density at radius 3 is 2.38 bits per heavy atom. The Labute approximate surface area is 196 Å². The molecule has 3 fully saturated rings. The van der Waals surface area contributed by atoms with Gasteiger partial charge in [-0.05, 0) is 63.0 Å². The molecule has 0 atom stereocenters. The first-order valence-corrected chi connectivity index (χ1v) is 12.1. The molecule has 0 bridgehead atoms. The van der Waals surface area contributed by atoms with Gasteiger partial charge in [0.2, 0.25) is 0 Å². The topological polar surface area (TPSA) is 85.9 Å². The summed E-state index contributed by atoms with van der Waals surface area (Å²) >= 11 is 0. The van der Waals surface area contributed by atoms with E-state index in [0.29, 0.717) is 29.3 Å². The van der Waals surface area contributed by atoms with Crippen molar-refractivity contribution in [2.45, 2.75) is 69.5 Å². The van der Waals surface area contributed by atoms with Crippen molar-refractivity contribution in [2.75, 3.05) is 6.54 Å². The van der Waals surface area contributed by atoms with Gasteiger partial charge in [-0.25, -0.2) is 14.6 Å². The van der Waals surface area contributed by atoms with E-state index < -0.39 is 6.09 Å². The molecular formula is C26H26N4O4. The largest absolute Gasteiger partial charge is 0.416 e. The number of rotatable bonds is 5. The number of nitrogens with zero attached hydrogens (tertiary/aromatic N) is 4. The third-order valence-electron chi connectivity index (χ3n) is 6.98. The molecule has 4 aliphatic rings. The zero-order chi connectivity index (χ0) is 23.2. The molecule has 2 aromatic rings. The van der Waals surface area contributed by atoms with Crippen molar-refractivity contribution in [1.82, 2.24) is 14.0 Å². The summed E-state index contributed by atoms with van der Waals surface area (Å²) in [6.07, 6.45) is 6.51. The van der Waals surface area contributed by atoms with Gasteiger partial charge in [-0.2, -0.15) is 0 Å². The number of amides is 1. The summed E-state index contributed by atoms with van der Waals surface area (Å²) in [6, 6.07) is 9.30. The Kier molecular flexibility index (Phi) is 5.13. The molecule has 34 heavy (non-hydrogen) atoms. The van der Waals surface area contributed by atoms with Crippen LogP contribution >= 0.6 is 0 Å². The lowest BCUT2D eigenvalue weighted by Gasteiger charge is -2.35. The molecule has 0 N–H and O–H groups in total. The molecule has 8 nitrogen and oxygen atoms in total. The smallest absolute Gasteiger partial charge is 0.410 e. The number of aliphatic imine (C=N–C) groups is 1. The summed E-state index contributed by atoms with van der Waals surface area (Å²) in [5.74, 6) is 7.13. The van der Waals surface area contributed by atoms with Gasteiger partial charge in [-0.1, -0.05) is 24.1 Å². The summed E-state index contributed by atoms with van der Waals surface area (Å²) in [4.78, 5) is 45.1. The van der Waals surface area contributed by atoms with Crippen molar-refractivity contribution < 1.29 is 9.53 Å². The standard InChI is InChI=1S/C26H26N4O4/c31-24-22-16-17(27-23(22)29(19-11-12-19)25(32)30(24)20-13-14-20)6-5-15-28(18-7-4-8-18)26(33)34-21-9-2-1-3-10-21/h1-3,9-10,18-20H,4,7-8,11-16H2. The highest BCUT2D eigenvalue weighted by Gasteiger charge is 2.37. The number of ether oxygens (including phenoxy) is 1. The van der Waals surface area contributed by atoms with E-state index in [9.17, 15) is 14.4 Å².